The van der Waals surface area contributed by atoms with E-state index in [2.05, 4.69) is 4.52 Å². The van der Waals surface area contributed by atoms with Gasteiger partial charge in [0.1, 0.15) is 73.2 Å². The van der Waals surface area contributed by atoms with Crippen LogP contribution in [-0.2, 0) is 32.8 Å². The fourth-order valence-corrected chi connectivity index (χ4v) is 4.55. The van der Waals surface area contributed by atoms with Gasteiger partial charge in [-0.1, -0.05) is 0 Å². The van der Waals surface area contributed by atoms with Crippen molar-refractivity contribution in [3.63, 3.8) is 0 Å². The minimum absolute atomic E-state index is 0.829. The van der Waals surface area contributed by atoms with E-state index in [1.54, 1.807) is 0 Å². The Hall–Kier alpha value is -0.490. The van der Waals surface area contributed by atoms with E-state index < -0.39 is 120 Å². The van der Waals surface area contributed by atoms with E-state index in [9.17, 15) is 55.6 Å². The molecular formula is C18H33O19P. The van der Waals surface area contributed by atoms with Crippen molar-refractivity contribution in [1.29, 1.82) is 0 Å². The van der Waals surface area contributed by atoms with E-state index in [0.29, 0.717) is 0 Å². The number of phosphoric acid groups is 1. The normalized spacial score (nSPS) is 48.7. The third-order valence-corrected chi connectivity index (χ3v) is 6.80. The van der Waals surface area contributed by atoms with Gasteiger partial charge in [0, 0.05) is 0 Å². The van der Waals surface area contributed by atoms with Crippen molar-refractivity contribution in [1.82, 2.24) is 0 Å². The summed E-state index contributed by atoms with van der Waals surface area (Å²) in [5.74, 6) is 0. The summed E-state index contributed by atoms with van der Waals surface area (Å²) >= 11 is 0. The van der Waals surface area contributed by atoms with E-state index in [4.69, 9.17) is 33.5 Å². The Morgan fingerprint density at radius 1 is 0.579 bits per heavy atom. The van der Waals surface area contributed by atoms with Crippen molar-refractivity contribution in [2.24, 2.45) is 0 Å². The number of phosphoric ester groups is 1. The lowest BCUT2D eigenvalue weighted by Crippen LogP contribution is -2.66. The van der Waals surface area contributed by atoms with Gasteiger partial charge in [-0.25, -0.2) is 4.57 Å². The second kappa shape index (κ2) is 13.0. The van der Waals surface area contributed by atoms with Crippen LogP contribution in [-0.4, -0.2) is 173 Å². The minimum Gasteiger partial charge on any atom is -0.394 e. The summed E-state index contributed by atoms with van der Waals surface area (Å²) < 4.78 is 41.9. The van der Waals surface area contributed by atoms with Crippen molar-refractivity contribution in [2.45, 2.75) is 92.1 Å². The molecule has 0 aromatic carbocycles. The van der Waals surface area contributed by atoms with Crippen LogP contribution in [0.25, 0.3) is 0 Å². The molecule has 0 spiro atoms. The molecule has 0 amide bonds. The van der Waals surface area contributed by atoms with E-state index >= 15 is 0 Å². The van der Waals surface area contributed by atoms with Crippen molar-refractivity contribution in [3.8, 4) is 0 Å². The molecule has 3 heterocycles. The zero-order valence-corrected chi connectivity index (χ0v) is 20.3. The van der Waals surface area contributed by atoms with Crippen LogP contribution in [0.3, 0.4) is 0 Å². The van der Waals surface area contributed by atoms with Gasteiger partial charge in [0.15, 0.2) is 18.9 Å². The van der Waals surface area contributed by atoms with Crippen LogP contribution in [0.15, 0.2) is 0 Å². The first-order valence-corrected chi connectivity index (χ1v) is 12.9. The van der Waals surface area contributed by atoms with Gasteiger partial charge in [-0.05, 0) is 0 Å². The molecule has 0 aromatic rings. The van der Waals surface area contributed by atoms with Crippen molar-refractivity contribution < 1.29 is 93.6 Å². The predicted octanol–water partition coefficient (Wildman–Crippen LogP) is -7.46. The lowest BCUT2D eigenvalue weighted by atomic mass is 9.96. The average Bonchev–Trinajstić information content (AvgIpc) is 2.86. The Labute approximate surface area is 214 Å². The smallest absolute Gasteiger partial charge is 0.394 e. The largest absolute Gasteiger partial charge is 0.469 e. The Balaban J connectivity index is 1.85. The number of ether oxygens (including phenoxy) is 5. The highest BCUT2D eigenvalue weighted by molar-refractivity contribution is 7.46. The van der Waals surface area contributed by atoms with Gasteiger partial charge in [-0.15, -0.1) is 0 Å². The Morgan fingerprint density at radius 3 is 1.71 bits per heavy atom. The van der Waals surface area contributed by atoms with Crippen molar-refractivity contribution >= 4 is 7.82 Å². The average molecular weight is 584 g/mol. The third kappa shape index (κ3) is 7.04. The number of rotatable bonds is 9. The Bertz CT molecular complexity index is 796. The van der Waals surface area contributed by atoms with E-state index in [1.165, 1.54) is 0 Å². The fourth-order valence-electron chi connectivity index (χ4n) is 4.21. The van der Waals surface area contributed by atoms with Crippen molar-refractivity contribution in [2.75, 3.05) is 19.8 Å². The first-order valence-electron chi connectivity index (χ1n) is 11.3. The fraction of sp³-hybridized carbons (Fsp3) is 1.00. The van der Waals surface area contributed by atoms with Gasteiger partial charge >= 0.3 is 7.82 Å². The zero-order chi connectivity index (χ0) is 28.5. The highest BCUT2D eigenvalue weighted by Gasteiger charge is 2.53. The van der Waals surface area contributed by atoms with E-state index in [0.717, 1.165) is 0 Å². The molecule has 3 fully saturated rings. The van der Waals surface area contributed by atoms with Crippen LogP contribution in [0.5, 0.6) is 0 Å². The highest BCUT2D eigenvalue weighted by atomic mass is 31.2. The number of aliphatic hydroxyl groups is 10. The van der Waals surface area contributed by atoms with Crippen LogP contribution < -0.4 is 0 Å². The summed E-state index contributed by atoms with van der Waals surface area (Å²) in [7, 11) is -5.10. The molecule has 0 saturated carbocycles. The highest BCUT2D eigenvalue weighted by Crippen LogP contribution is 2.38. The van der Waals surface area contributed by atoms with E-state index in [-0.39, 0.29) is 0 Å². The van der Waals surface area contributed by atoms with Crippen LogP contribution >= 0.6 is 7.82 Å². The molecule has 0 unspecified atom stereocenters. The summed E-state index contributed by atoms with van der Waals surface area (Å²) in [4.78, 5) is 18.0. The third-order valence-electron chi connectivity index (χ3n) is 6.32. The summed E-state index contributed by atoms with van der Waals surface area (Å²) in [5, 5.41) is 101. The summed E-state index contributed by atoms with van der Waals surface area (Å²) in [5.41, 5.74) is 0. The molecule has 20 heteroatoms. The standard InChI is InChI=1S/C18H33O19P/c19-1-4-7(21)9(23)12(26)17(34-4)37-15-8(22)6(3-32-38(29,30)31)35-18(13(15)27)36-14-5(2-20)33-16(28)11(25)10(14)24/h4-28H,1-3H2,(H2,29,30,31)/t4-,5-,6-,7-,8+,9+,10-,11+,12-,13-,14-,15+,16+,17+,18+/m1/s1. The SMILES string of the molecule is O=P(O)(O)OC[C@H]1O[C@@H](O[C@H]2[C@H](O)[C@H](O)[C@@H](O)O[C@@H]2CO)[C@H](O)[C@@H](O[C@@H]2O[C@H](CO)[C@@H](O)[C@H](O)[C@H]2O)[C@H]1O. The molecule has 0 radical (unpaired) electrons. The molecule has 3 rings (SSSR count). The first kappa shape index (κ1) is 32.0. The number of hydrogen-bond donors (Lipinski definition) is 12. The zero-order valence-electron chi connectivity index (χ0n) is 19.5. The van der Waals surface area contributed by atoms with Crippen LogP contribution in [0, 0.1) is 0 Å². The molecule has 12 N–H and O–H groups in total. The molecular weight excluding hydrogens is 551 g/mol. The molecule has 0 aliphatic carbocycles. The second-order valence-electron chi connectivity index (χ2n) is 8.94. The van der Waals surface area contributed by atoms with Crippen molar-refractivity contribution in [3.05, 3.63) is 0 Å². The van der Waals surface area contributed by atoms with Crippen LogP contribution in [0.4, 0.5) is 0 Å². The summed E-state index contributed by atoms with van der Waals surface area (Å²) in [6.07, 6.45) is -27.4. The van der Waals surface area contributed by atoms with Gasteiger partial charge in [0.05, 0.1) is 19.8 Å². The van der Waals surface area contributed by atoms with Gasteiger partial charge in [-0.2, -0.15) is 0 Å². The first-order chi connectivity index (χ1) is 17.7. The summed E-state index contributed by atoms with van der Waals surface area (Å²) in [6.45, 7) is -2.70. The molecule has 0 aromatic heterocycles. The maximum Gasteiger partial charge on any atom is 0.469 e. The molecule has 15 atom stereocenters. The van der Waals surface area contributed by atoms with E-state index in [1.807, 2.05) is 0 Å². The van der Waals surface area contributed by atoms with Gasteiger partial charge in [-0.3, -0.25) is 4.52 Å². The lowest BCUT2D eigenvalue weighted by molar-refractivity contribution is -0.378. The van der Waals surface area contributed by atoms with Gasteiger partial charge in [0.2, 0.25) is 0 Å². The predicted molar refractivity (Wildman–Crippen MR) is 112 cm³/mol. The maximum atomic E-state index is 11.2. The van der Waals surface area contributed by atoms with Gasteiger partial charge < -0.3 is 84.5 Å². The molecule has 19 nitrogen and oxygen atoms in total. The molecule has 3 aliphatic heterocycles. The minimum atomic E-state index is -5.10. The molecule has 38 heavy (non-hydrogen) atoms. The Kier molecular flexibility index (Phi) is 11.0. The van der Waals surface area contributed by atoms with Crippen LogP contribution in [0.2, 0.25) is 0 Å². The molecule has 3 aliphatic rings. The number of hydrogen-bond acceptors (Lipinski definition) is 17. The quantitative estimate of drug-likeness (QED) is 0.112. The number of aliphatic hydroxyl groups excluding tert-OH is 10. The van der Waals surface area contributed by atoms with Crippen LogP contribution in [0.1, 0.15) is 0 Å². The topological polar surface area (TPSA) is 315 Å². The maximum absolute atomic E-state index is 11.2. The summed E-state index contributed by atoms with van der Waals surface area (Å²) in [6, 6.07) is 0. The Morgan fingerprint density at radius 2 is 1.13 bits per heavy atom. The molecule has 224 valence electrons. The lowest BCUT2D eigenvalue weighted by Gasteiger charge is -2.48. The second-order valence-corrected chi connectivity index (χ2v) is 10.2. The monoisotopic (exact) mass is 584 g/mol. The molecule has 0 bridgehead atoms. The molecule has 3 saturated heterocycles. The van der Waals surface area contributed by atoms with Gasteiger partial charge in [0.25, 0.3) is 0 Å².